The van der Waals surface area contributed by atoms with Crippen LogP contribution in [0, 0.1) is 20.5 Å². The summed E-state index contributed by atoms with van der Waals surface area (Å²) < 4.78 is 67.9. The molecule has 35 heavy (non-hydrogen) atoms. The Morgan fingerprint density at radius 3 is 0.657 bits per heavy atom. The Balaban J connectivity index is 0.000000475. The number of halogens is 2. The summed E-state index contributed by atoms with van der Waals surface area (Å²) in [5.74, 6) is 0. The second-order valence-corrected chi connectivity index (χ2v) is 7.13. The monoisotopic (exact) mass is 566 g/mol. The van der Waals surface area contributed by atoms with Crippen LogP contribution in [0.5, 0.6) is 0 Å². The minimum atomic E-state index is -4.94. The topological polar surface area (TPSA) is 236 Å². The first-order valence-electron chi connectivity index (χ1n) is 8.82. The molecule has 0 saturated heterocycles. The van der Waals surface area contributed by atoms with Gasteiger partial charge in [-0.05, 0) is 48.5 Å². The Labute approximate surface area is 214 Å². The van der Waals surface area contributed by atoms with Crippen molar-refractivity contribution >= 4 is 0 Å². The number of hydrogen-bond donors (Lipinski definition) is 0. The predicted octanol–water partition coefficient (Wildman–Crippen LogP) is -5.23. The second-order valence-electron chi connectivity index (χ2n) is 5.62. The molecule has 4 aromatic rings. The first-order chi connectivity index (χ1) is 15.9. The molecule has 4 heterocycles. The largest absolute Gasteiger partial charge is 2.00 e. The zero-order chi connectivity index (χ0) is 25.5. The zero-order valence-electron chi connectivity index (χ0n) is 17.4. The van der Waals surface area contributed by atoms with Crippen molar-refractivity contribution in [2.75, 3.05) is 0 Å². The molecular weight excluding hydrogens is 551 g/mol. The van der Waals surface area contributed by atoms with Crippen LogP contribution in [0.15, 0.2) is 97.6 Å². The third kappa shape index (κ3) is 19.4. The van der Waals surface area contributed by atoms with Gasteiger partial charge >= 0.3 is 17.1 Å². The van der Waals surface area contributed by atoms with Crippen LogP contribution in [0.1, 0.15) is 0 Å². The van der Waals surface area contributed by atoms with E-state index in [2.05, 4.69) is 19.9 Å². The summed E-state index contributed by atoms with van der Waals surface area (Å²) in [5.41, 5.74) is 3.66. The molecule has 0 saturated carbocycles. The van der Waals surface area contributed by atoms with Crippen LogP contribution < -0.4 is 37.3 Å². The van der Waals surface area contributed by atoms with Crippen molar-refractivity contribution in [1.82, 2.24) is 19.9 Å². The average molecular weight is 567 g/mol. The second kappa shape index (κ2) is 16.9. The molecule has 12 nitrogen and oxygen atoms in total. The van der Waals surface area contributed by atoms with Crippen molar-refractivity contribution in [3.63, 3.8) is 0 Å². The van der Waals surface area contributed by atoms with Gasteiger partial charge in [-0.25, -0.2) is 37.3 Å². The van der Waals surface area contributed by atoms with E-state index in [1.165, 1.54) is 0 Å². The van der Waals surface area contributed by atoms with Gasteiger partial charge in [0.25, 0.3) is 0 Å². The van der Waals surface area contributed by atoms with Crippen LogP contribution in [0.2, 0.25) is 0 Å². The molecule has 4 rings (SSSR count). The standard InChI is InChI=1S/2C10H8N2.2ClHO4.Fe/c2*1-3-7-11-9(5-1)10-6-2-4-8-12-10;2*2-1(3,4)5;/h2*1-8H;2*(H,2,3,4,5);/q;;;;+2/p-2. The minimum absolute atomic E-state index is 0. The summed E-state index contributed by atoms with van der Waals surface area (Å²) in [6.45, 7) is 0. The Morgan fingerprint density at radius 1 is 0.371 bits per heavy atom. The fraction of sp³-hybridized carbons (Fsp3) is 0. The van der Waals surface area contributed by atoms with Crippen molar-refractivity contribution < 1.29 is 74.8 Å². The van der Waals surface area contributed by atoms with Crippen molar-refractivity contribution in [3.05, 3.63) is 97.6 Å². The molecule has 0 unspecified atom stereocenters. The number of pyridine rings is 4. The van der Waals surface area contributed by atoms with E-state index in [9.17, 15) is 0 Å². The van der Waals surface area contributed by atoms with Crippen LogP contribution in [0.4, 0.5) is 0 Å². The number of nitrogens with zero attached hydrogens (tertiary/aromatic N) is 4. The maximum atomic E-state index is 8.49. The summed E-state index contributed by atoms with van der Waals surface area (Å²) in [4.78, 5) is 16.7. The van der Waals surface area contributed by atoms with Gasteiger partial charge in [-0.1, -0.05) is 24.3 Å². The van der Waals surface area contributed by atoms with Crippen molar-refractivity contribution in [3.8, 4) is 22.8 Å². The molecule has 0 amide bonds. The summed E-state index contributed by atoms with van der Waals surface area (Å²) in [6, 6.07) is 23.2. The third-order valence-corrected chi connectivity index (χ3v) is 3.18. The number of rotatable bonds is 2. The summed E-state index contributed by atoms with van der Waals surface area (Å²) >= 11 is 0. The molecule has 0 aromatic carbocycles. The first kappa shape index (κ1) is 32.4. The Hall–Kier alpha value is -2.62. The molecule has 0 fully saturated rings. The molecule has 186 valence electrons. The summed E-state index contributed by atoms with van der Waals surface area (Å²) in [5, 5.41) is 0. The van der Waals surface area contributed by atoms with Crippen LogP contribution in [0.25, 0.3) is 22.8 Å². The molecule has 0 aliphatic carbocycles. The van der Waals surface area contributed by atoms with E-state index in [-0.39, 0.29) is 17.1 Å². The van der Waals surface area contributed by atoms with E-state index in [1.807, 2.05) is 72.8 Å². The Bertz CT molecular complexity index is 873. The third-order valence-electron chi connectivity index (χ3n) is 3.18. The fourth-order valence-electron chi connectivity index (χ4n) is 2.06. The minimum Gasteiger partial charge on any atom is -0.255 e. The van der Waals surface area contributed by atoms with Crippen LogP contribution in [-0.4, -0.2) is 19.9 Å². The summed E-state index contributed by atoms with van der Waals surface area (Å²) in [7, 11) is -9.89. The zero-order valence-corrected chi connectivity index (χ0v) is 20.0. The maximum absolute atomic E-state index is 8.49. The molecule has 0 bridgehead atoms. The molecule has 0 radical (unpaired) electrons. The average Bonchev–Trinajstić information content (AvgIpc) is 2.80. The van der Waals surface area contributed by atoms with Gasteiger partial charge < -0.3 is 0 Å². The van der Waals surface area contributed by atoms with Gasteiger partial charge in [0.2, 0.25) is 0 Å². The fourth-order valence-corrected chi connectivity index (χ4v) is 2.06. The normalized spacial score (nSPS) is 10.1. The molecule has 4 aromatic heterocycles. The van der Waals surface area contributed by atoms with Crippen molar-refractivity contribution in [1.29, 1.82) is 0 Å². The number of aromatic nitrogens is 4. The van der Waals surface area contributed by atoms with Gasteiger partial charge in [0, 0.05) is 24.8 Å². The van der Waals surface area contributed by atoms with Gasteiger partial charge in [0.15, 0.2) is 0 Å². The molecule has 0 N–H and O–H groups in total. The molecule has 0 aliphatic rings. The van der Waals surface area contributed by atoms with E-state index in [1.54, 1.807) is 24.8 Å². The van der Waals surface area contributed by atoms with Gasteiger partial charge in [-0.15, -0.1) is 20.5 Å². The van der Waals surface area contributed by atoms with E-state index < -0.39 is 20.5 Å². The van der Waals surface area contributed by atoms with Crippen LogP contribution in [0.3, 0.4) is 0 Å². The predicted molar refractivity (Wildman–Crippen MR) is 94.9 cm³/mol. The summed E-state index contributed by atoms with van der Waals surface area (Å²) in [6.07, 6.45) is 7.07. The van der Waals surface area contributed by atoms with Crippen LogP contribution >= 0.6 is 0 Å². The van der Waals surface area contributed by atoms with Gasteiger partial charge in [0.1, 0.15) is 0 Å². The van der Waals surface area contributed by atoms with E-state index in [0.29, 0.717) is 0 Å². The Kier molecular flexibility index (Phi) is 15.6. The molecule has 0 spiro atoms. The van der Waals surface area contributed by atoms with E-state index in [0.717, 1.165) is 22.8 Å². The van der Waals surface area contributed by atoms with Gasteiger partial charge in [0.05, 0.1) is 22.8 Å². The Morgan fingerprint density at radius 2 is 0.543 bits per heavy atom. The molecule has 15 heteroatoms. The SMILES string of the molecule is [Fe+2].[O-][Cl+3]([O-])([O-])[O-].[O-][Cl+3]([O-])([O-])[O-].c1ccc(-c2ccccn2)nc1.c1ccc(-c2ccccn2)nc1. The quantitative estimate of drug-likeness (QED) is 0.207. The van der Waals surface area contributed by atoms with E-state index >= 15 is 0 Å². The van der Waals surface area contributed by atoms with Gasteiger partial charge in [-0.2, -0.15) is 0 Å². The van der Waals surface area contributed by atoms with Crippen molar-refractivity contribution in [2.45, 2.75) is 0 Å². The van der Waals surface area contributed by atoms with Crippen LogP contribution in [-0.2, 0) is 17.1 Å². The smallest absolute Gasteiger partial charge is 0.255 e. The molecular formula is C20H16Cl2FeN4O8. The van der Waals surface area contributed by atoms with Crippen molar-refractivity contribution in [2.24, 2.45) is 0 Å². The van der Waals surface area contributed by atoms with E-state index in [4.69, 9.17) is 37.3 Å². The first-order valence-corrected chi connectivity index (χ1v) is 11.3. The molecule has 0 aliphatic heterocycles. The maximum Gasteiger partial charge on any atom is 2.00 e. The van der Waals surface area contributed by atoms with Gasteiger partial charge in [-0.3, -0.25) is 19.9 Å². The molecule has 0 atom stereocenters. The number of hydrogen-bond acceptors (Lipinski definition) is 12.